The van der Waals surface area contributed by atoms with Crippen LogP contribution < -0.4 is 5.32 Å². The standard InChI is InChI=1S/C17H16Cl2N2O3/c18-14-9-13(10-21-16(14)19)17(23)24-11-15(22)20-8-4-7-12-5-2-1-3-6-12/h1-3,5-6,9-10H,4,7-8,11H2,(H,20,22). The van der Waals surface area contributed by atoms with Gasteiger partial charge in [-0.15, -0.1) is 0 Å². The molecule has 0 saturated heterocycles. The highest BCUT2D eigenvalue weighted by molar-refractivity contribution is 6.41. The van der Waals surface area contributed by atoms with E-state index in [1.54, 1.807) is 0 Å². The molecule has 1 aromatic carbocycles. The molecule has 1 amide bonds. The van der Waals surface area contributed by atoms with Crippen LogP contribution >= 0.6 is 23.2 Å². The number of amides is 1. The zero-order valence-corrected chi connectivity index (χ0v) is 14.3. The van der Waals surface area contributed by atoms with Crippen molar-refractivity contribution in [3.63, 3.8) is 0 Å². The molecular formula is C17H16Cl2N2O3. The first-order valence-electron chi connectivity index (χ1n) is 7.35. The topological polar surface area (TPSA) is 68.3 Å². The van der Waals surface area contributed by atoms with E-state index in [9.17, 15) is 9.59 Å². The van der Waals surface area contributed by atoms with Crippen LogP contribution in [0, 0.1) is 0 Å². The van der Waals surface area contributed by atoms with E-state index in [1.807, 2.05) is 30.3 Å². The van der Waals surface area contributed by atoms with Gasteiger partial charge in [-0.2, -0.15) is 0 Å². The predicted molar refractivity (Wildman–Crippen MR) is 92.3 cm³/mol. The lowest BCUT2D eigenvalue weighted by molar-refractivity contribution is -0.124. The lowest BCUT2D eigenvalue weighted by atomic mass is 10.1. The third-order valence-corrected chi connectivity index (χ3v) is 3.86. The number of benzene rings is 1. The highest BCUT2D eigenvalue weighted by atomic mass is 35.5. The molecule has 1 aromatic heterocycles. The van der Waals surface area contributed by atoms with Crippen LogP contribution in [-0.4, -0.2) is 30.0 Å². The molecule has 1 heterocycles. The van der Waals surface area contributed by atoms with E-state index in [0.29, 0.717) is 6.54 Å². The fourth-order valence-corrected chi connectivity index (χ4v) is 2.23. The molecule has 0 radical (unpaired) electrons. The molecule has 0 bridgehead atoms. The molecule has 0 aliphatic heterocycles. The van der Waals surface area contributed by atoms with Crippen LogP contribution in [0.25, 0.3) is 0 Å². The number of esters is 1. The average molecular weight is 367 g/mol. The highest BCUT2D eigenvalue weighted by Gasteiger charge is 2.12. The summed E-state index contributed by atoms with van der Waals surface area (Å²) in [7, 11) is 0. The maximum atomic E-state index is 11.8. The van der Waals surface area contributed by atoms with Gasteiger partial charge in [-0.25, -0.2) is 9.78 Å². The Balaban J connectivity index is 1.67. The van der Waals surface area contributed by atoms with Gasteiger partial charge in [0.2, 0.25) is 0 Å². The minimum atomic E-state index is -0.680. The van der Waals surface area contributed by atoms with Gasteiger partial charge in [0.15, 0.2) is 6.61 Å². The van der Waals surface area contributed by atoms with Crippen molar-refractivity contribution in [1.82, 2.24) is 10.3 Å². The number of halogens is 2. The number of pyridine rings is 1. The number of carbonyl (C=O) groups excluding carboxylic acids is 2. The van der Waals surface area contributed by atoms with Gasteiger partial charge in [-0.3, -0.25) is 4.79 Å². The van der Waals surface area contributed by atoms with Crippen LogP contribution in [0.4, 0.5) is 0 Å². The molecule has 0 aliphatic carbocycles. The fraction of sp³-hybridized carbons (Fsp3) is 0.235. The molecule has 24 heavy (non-hydrogen) atoms. The number of hydrogen-bond donors (Lipinski definition) is 1. The van der Waals surface area contributed by atoms with Crippen LogP contribution in [0.5, 0.6) is 0 Å². The molecule has 0 atom stereocenters. The molecule has 2 rings (SSSR count). The molecule has 126 valence electrons. The van der Waals surface area contributed by atoms with Crippen LogP contribution in [0.2, 0.25) is 10.2 Å². The molecule has 0 saturated carbocycles. The van der Waals surface area contributed by atoms with Crippen molar-refractivity contribution in [2.75, 3.05) is 13.2 Å². The summed E-state index contributed by atoms with van der Waals surface area (Å²) in [6.45, 7) is 0.157. The first-order valence-corrected chi connectivity index (χ1v) is 8.10. The molecule has 2 aromatic rings. The summed E-state index contributed by atoms with van der Waals surface area (Å²) in [6.07, 6.45) is 2.92. The number of aryl methyl sites for hydroxylation is 1. The van der Waals surface area contributed by atoms with Crippen molar-refractivity contribution in [1.29, 1.82) is 0 Å². The van der Waals surface area contributed by atoms with Crippen molar-refractivity contribution in [2.45, 2.75) is 12.8 Å². The van der Waals surface area contributed by atoms with Crippen molar-refractivity contribution >= 4 is 35.1 Å². The molecule has 7 heteroatoms. The highest BCUT2D eigenvalue weighted by Crippen LogP contribution is 2.19. The van der Waals surface area contributed by atoms with Gasteiger partial charge >= 0.3 is 5.97 Å². The summed E-state index contributed by atoms with van der Waals surface area (Å²) in [5.41, 5.74) is 1.35. The summed E-state index contributed by atoms with van der Waals surface area (Å²) < 4.78 is 4.91. The molecule has 0 fully saturated rings. The number of nitrogens with one attached hydrogen (secondary N) is 1. The second kappa shape index (κ2) is 9.25. The Labute approximate surface area is 149 Å². The summed E-state index contributed by atoms with van der Waals surface area (Å²) in [6, 6.07) is 11.3. The van der Waals surface area contributed by atoms with Gasteiger partial charge in [0, 0.05) is 12.7 Å². The van der Waals surface area contributed by atoms with E-state index in [0.717, 1.165) is 12.8 Å². The first-order chi connectivity index (χ1) is 11.6. The van der Waals surface area contributed by atoms with Crippen LogP contribution in [-0.2, 0) is 16.0 Å². The Morgan fingerprint density at radius 2 is 1.92 bits per heavy atom. The van der Waals surface area contributed by atoms with Crippen molar-refractivity contribution in [3.8, 4) is 0 Å². The monoisotopic (exact) mass is 366 g/mol. The van der Waals surface area contributed by atoms with Crippen LogP contribution in [0.15, 0.2) is 42.6 Å². The Morgan fingerprint density at radius 1 is 1.17 bits per heavy atom. The fourth-order valence-electron chi connectivity index (χ4n) is 1.96. The number of hydrogen-bond acceptors (Lipinski definition) is 4. The Morgan fingerprint density at radius 3 is 2.62 bits per heavy atom. The van der Waals surface area contributed by atoms with Crippen molar-refractivity contribution in [3.05, 3.63) is 63.9 Å². The Hall–Kier alpha value is -2.11. The molecule has 0 unspecified atom stereocenters. The number of ether oxygens (including phenoxy) is 1. The van der Waals surface area contributed by atoms with Crippen LogP contribution in [0.3, 0.4) is 0 Å². The molecule has 5 nitrogen and oxygen atoms in total. The Kier molecular flexibility index (Phi) is 7.03. The maximum Gasteiger partial charge on any atom is 0.340 e. The van der Waals surface area contributed by atoms with Crippen LogP contribution in [0.1, 0.15) is 22.3 Å². The predicted octanol–water partition coefficient (Wildman–Crippen LogP) is 3.29. The maximum absolute atomic E-state index is 11.8. The van der Waals surface area contributed by atoms with E-state index in [-0.39, 0.29) is 28.3 Å². The minimum Gasteiger partial charge on any atom is -0.452 e. The van der Waals surface area contributed by atoms with Gasteiger partial charge in [-0.1, -0.05) is 53.5 Å². The third kappa shape index (κ3) is 5.83. The Bertz CT molecular complexity index is 708. The summed E-state index contributed by atoms with van der Waals surface area (Å²) in [5.74, 6) is -1.04. The smallest absolute Gasteiger partial charge is 0.340 e. The minimum absolute atomic E-state index is 0.101. The van der Waals surface area contributed by atoms with Gasteiger partial charge in [-0.05, 0) is 24.5 Å². The second-order valence-electron chi connectivity index (χ2n) is 5.01. The lowest BCUT2D eigenvalue weighted by Gasteiger charge is -2.07. The van der Waals surface area contributed by atoms with E-state index >= 15 is 0 Å². The van der Waals surface area contributed by atoms with E-state index in [4.69, 9.17) is 27.9 Å². The largest absolute Gasteiger partial charge is 0.452 e. The third-order valence-electron chi connectivity index (χ3n) is 3.17. The zero-order chi connectivity index (χ0) is 17.4. The summed E-state index contributed by atoms with van der Waals surface area (Å²) in [4.78, 5) is 27.2. The number of nitrogens with zero attached hydrogens (tertiary/aromatic N) is 1. The first kappa shape index (κ1) is 18.2. The van der Waals surface area contributed by atoms with Gasteiger partial charge in [0.25, 0.3) is 5.91 Å². The second-order valence-corrected chi connectivity index (χ2v) is 5.78. The number of carbonyl (C=O) groups is 2. The summed E-state index contributed by atoms with van der Waals surface area (Å²) >= 11 is 11.4. The van der Waals surface area contributed by atoms with Gasteiger partial charge in [0.05, 0.1) is 10.6 Å². The quantitative estimate of drug-likeness (QED) is 0.463. The zero-order valence-electron chi connectivity index (χ0n) is 12.8. The van der Waals surface area contributed by atoms with E-state index in [1.165, 1.54) is 17.8 Å². The SMILES string of the molecule is O=C(COC(=O)c1cnc(Cl)c(Cl)c1)NCCCc1ccccc1. The van der Waals surface area contributed by atoms with Crippen molar-refractivity contribution < 1.29 is 14.3 Å². The lowest BCUT2D eigenvalue weighted by Crippen LogP contribution is -2.29. The molecular weight excluding hydrogens is 351 g/mol. The normalized spacial score (nSPS) is 10.2. The average Bonchev–Trinajstić information content (AvgIpc) is 2.60. The molecule has 0 aliphatic rings. The summed E-state index contributed by atoms with van der Waals surface area (Å²) in [5, 5.41) is 2.95. The van der Waals surface area contributed by atoms with Crippen molar-refractivity contribution in [2.24, 2.45) is 0 Å². The number of aromatic nitrogens is 1. The van der Waals surface area contributed by atoms with Gasteiger partial charge < -0.3 is 10.1 Å². The van der Waals surface area contributed by atoms with E-state index < -0.39 is 5.97 Å². The van der Waals surface area contributed by atoms with Gasteiger partial charge in [0.1, 0.15) is 5.15 Å². The molecule has 1 N–H and O–H groups in total. The number of rotatable bonds is 7. The molecule has 0 spiro atoms. The van der Waals surface area contributed by atoms with E-state index in [2.05, 4.69) is 10.3 Å².